The van der Waals surface area contributed by atoms with Crippen molar-refractivity contribution in [2.45, 2.75) is 74.8 Å². The van der Waals surface area contributed by atoms with Gasteiger partial charge in [0.25, 0.3) is 5.91 Å². The summed E-state index contributed by atoms with van der Waals surface area (Å²) >= 11 is 6.44. The van der Waals surface area contributed by atoms with Gasteiger partial charge in [0.05, 0.1) is 49.9 Å². The van der Waals surface area contributed by atoms with Crippen LogP contribution in [0.15, 0.2) is 48.6 Å². The van der Waals surface area contributed by atoms with Gasteiger partial charge in [0.2, 0.25) is 10.0 Å². The lowest BCUT2D eigenvalue weighted by Gasteiger charge is -2.46. The van der Waals surface area contributed by atoms with Crippen molar-refractivity contribution < 1.29 is 40.6 Å². The van der Waals surface area contributed by atoms with Gasteiger partial charge in [-0.1, -0.05) is 36.7 Å². The van der Waals surface area contributed by atoms with E-state index in [-0.39, 0.29) is 35.3 Å². The molecule has 6 atom stereocenters. The molecule has 14 heteroatoms. The highest BCUT2D eigenvalue weighted by Gasteiger charge is 2.46. The molecule has 2 fully saturated rings. The van der Waals surface area contributed by atoms with Gasteiger partial charge in [0.1, 0.15) is 5.75 Å². The predicted molar refractivity (Wildman–Crippen MR) is 197 cm³/mol. The van der Waals surface area contributed by atoms with Gasteiger partial charge in [-0.05, 0) is 97.7 Å². The molecule has 1 spiro atoms. The van der Waals surface area contributed by atoms with Gasteiger partial charge < -0.3 is 19.1 Å². The first-order valence-corrected chi connectivity index (χ1v) is 20.7. The summed E-state index contributed by atoms with van der Waals surface area (Å²) in [7, 11) is -4.74. The first-order valence-electron chi connectivity index (χ1n) is 18.8. The molecular weight excluding hydrogens is 731 g/mol. The van der Waals surface area contributed by atoms with Crippen molar-refractivity contribution in [1.82, 2.24) is 9.62 Å². The summed E-state index contributed by atoms with van der Waals surface area (Å²) in [6, 6.07) is 10.8. The van der Waals surface area contributed by atoms with Crippen molar-refractivity contribution in [3.05, 3.63) is 70.3 Å². The number of allylic oxidation sites excluding steroid dienone is 1. The maximum Gasteiger partial charge on any atom is 0.390 e. The van der Waals surface area contributed by atoms with Crippen LogP contribution in [0.3, 0.4) is 0 Å². The largest absolute Gasteiger partial charge is 0.490 e. The Bertz CT molecular complexity index is 1790. The molecular formula is C39H49ClF3N3O6S. The zero-order chi connectivity index (χ0) is 37.4. The van der Waals surface area contributed by atoms with Crippen LogP contribution in [-0.4, -0.2) is 95.9 Å². The molecule has 7 rings (SSSR count). The molecule has 5 aliphatic rings. The van der Waals surface area contributed by atoms with E-state index in [0.717, 1.165) is 51.7 Å². The summed E-state index contributed by atoms with van der Waals surface area (Å²) in [6.45, 7) is 7.39. The number of hydrogen-bond acceptors (Lipinski definition) is 8. The number of ether oxygens (including phenoxy) is 3. The second kappa shape index (κ2) is 15.7. The van der Waals surface area contributed by atoms with E-state index in [2.05, 4.69) is 15.9 Å². The molecule has 2 aromatic carbocycles. The van der Waals surface area contributed by atoms with Crippen LogP contribution in [-0.2, 0) is 31.3 Å². The number of nitrogens with one attached hydrogen (secondary N) is 1. The number of hydrogen-bond donors (Lipinski definition) is 1. The van der Waals surface area contributed by atoms with Gasteiger partial charge >= 0.3 is 6.18 Å². The molecule has 2 bridgehead atoms. The standard InChI is InChI=1S/C39H49ClF3N3O6S/c1-26-4-2-6-34(51-19-16-45-14-17-50-18-15-45)31-10-7-29(31)23-46-24-38(13-3-5-27-20-30(40)9-11-32(27)38)25-52-35-12-8-28(21-33(35)46)37(47)44-53(48,49)36(26)22-39(41,42)43/h2,6,8-9,11-12,20-21,26,29,31,34,36H,3-5,7,10,13-19,22-25H2,1H3,(H,44,47)/b6-2-/t26-,29-,31+,34-,36+,38-/m0/s1. The third-order valence-electron chi connectivity index (χ3n) is 12.0. The summed E-state index contributed by atoms with van der Waals surface area (Å²) in [6.07, 6.45) is 1.79. The van der Waals surface area contributed by atoms with Gasteiger partial charge in [0.15, 0.2) is 0 Å². The second-order valence-electron chi connectivity index (χ2n) is 15.6. The van der Waals surface area contributed by atoms with E-state index in [1.807, 2.05) is 22.9 Å². The van der Waals surface area contributed by atoms with Gasteiger partial charge in [-0.3, -0.25) is 9.69 Å². The van der Waals surface area contributed by atoms with Crippen LogP contribution in [0.2, 0.25) is 5.02 Å². The quantitative estimate of drug-likeness (QED) is 0.343. The molecule has 2 aromatic rings. The highest BCUT2D eigenvalue weighted by Crippen LogP contribution is 2.47. The van der Waals surface area contributed by atoms with E-state index in [1.54, 1.807) is 18.2 Å². The average molecular weight is 780 g/mol. The van der Waals surface area contributed by atoms with Gasteiger partial charge in [-0.15, -0.1) is 0 Å². The van der Waals surface area contributed by atoms with Crippen LogP contribution in [0.4, 0.5) is 18.9 Å². The second-order valence-corrected chi connectivity index (χ2v) is 17.9. The third-order valence-corrected chi connectivity index (χ3v) is 14.1. The van der Waals surface area contributed by atoms with Gasteiger partial charge in [-0.25, -0.2) is 13.1 Å². The number of anilines is 1. The molecule has 0 unspecified atom stereocenters. The number of aryl methyl sites for hydroxylation is 1. The van der Waals surface area contributed by atoms with Crippen molar-refractivity contribution >= 4 is 33.2 Å². The van der Waals surface area contributed by atoms with Crippen LogP contribution in [0.1, 0.15) is 66.9 Å². The van der Waals surface area contributed by atoms with Crippen molar-refractivity contribution in [3.8, 4) is 5.75 Å². The zero-order valence-corrected chi connectivity index (χ0v) is 31.7. The molecule has 1 saturated carbocycles. The summed E-state index contributed by atoms with van der Waals surface area (Å²) in [5, 5.41) is -1.19. The summed E-state index contributed by atoms with van der Waals surface area (Å²) in [5.41, 5.74) is 2.72. The number of benzene rings is 2. The Morgan fingerprint density at radius 2 is 1.92 bits per heavy atom. The van der Waals surface area contributed by atoms with Crippen molar-refractivity contribution in [2.75, 3.05) is 64.1 Å². The number of nitrogens with zero attached hydrogens (tertiary/aromatic N) is 2. The number of fused-ring (bicyclic) bond motifs is 4. The van der Waals surface area contributed by atoms with Gasteiger partial charge in [-0.2, -0.15) is 13.2 Å². The Balaban J connectivity index is 1.25. The molecule has 53 heavy (non-hydrogen) atoms. The lowest BCUT2D eigenvalue weighted by Crippen LogP contribution is -2.50. The van der Waals surface area contributed by atoms with E-state index in [9.17, 15) is 26.4 Å². The summed E-state index contributed by atoms with van der Waals surface area (Å²) in [5.74, 6) is -0.966. The number of halogens is 4. The molecule has 9 nitrogen and oxygen atoms in total. The molecule has 1 amide bonds. The van der Waals surface area contributed by atoms with Crippen LogP contribution in [0.5, 0.6) is 5.75 Å². The number of sulfonamides is 1. The number of carbonyl (C=O) groups is 1. The van der Waals surface area contributed by atoms with Crippen molar-refractivity contribution in [3.63, 3.8) is 0 Å². The normalized spacial score (nSPS) is 31.3. The van der Waals surface area contributed by atoms with Gasteiger partial charge in [0, 0.05) is 48.7 Å². The first-order chi connectivity index (χ1) is 25.3. The van der Waals surface area contributed by atoms with Crippen LogP contribution in [0, 0.1) is 17.8 Å². The fraction of sp³-hybridized carbons (Fsp3) is 0.615. The number of rotatable bonds is 5. The lowest BCUT2D eigenvalue weighted by atomic mass is 9.68. The molecule has 290 valence electrons. The lowest BCUT2D eigenvalue weighted by molar-refractivity contribution is -0.136. The summed E-state index contributed by atoms with van der Waals surface area (Å²) in [4.78, 5) is 18.2. The fourth-order valence-electron chi connectivity index (χ4n) is 8.94. The Morgan fingerprint density at radius 1 is 1.11 bits per heavy atom. The molecule has 3 heterocycles. The minimum Gasteiger partial charge on any atom is -0.490 e. The molecule has 1 N–H and O–H groups in total. The Hall–Kier alpha value is -2.84. The van der Waals surface area contributed by atoms with Crippen molar-refractivity contribution in [2.24, 2.45) is 17.8 Å². The smallest absolute Gasteiger partial charge is 0.390 e. The maximum atomic E-state index is 13.8. The van der Waals surface area contributed by atoms with E-state index >= 15 is 0 Å². The minimum absolute atomic E-state index is 0.0348. The summed E-state index contributed by atoms with van der Waals surface area (Å²) < 4.78 is 89.4. The SMILES string of the molecule is C[C@H]1C/C=C\[C@H](OCCN2CCOCC2)[C@@H]2CC[C@H]2CN2C[C@@]3(CCCc4cc(Cl)ccc43)COc3ccc(cc32)C(=O)NS(=O)(=O)[C@@H]1CC(F)(F)F. The average Bonchev–Trinajstić information content (AvgIpc) is 3.25. The monoisotopic (exact) mass is 779 g/mol. The number of amides is 1. The molecule has 2 aliphatic carbocycles. The fourth-order valence-corrected chi connectivity index (χ4v) is 10.8. The Morgan fingerprint density at radius 3 is 2.68 bits per heavy atom. The number of carbonyl (C=O) groups excluding carboxylic acids is 1. The first kappa shape index (κ1) is 38.4. The number of alkyl halides is 3. The molecule has 0 aromatic heterocycles. The topological polar surface area (TPSA) is 97.4 Å². The Kier molecular flexibility index (Phi) is 11.4. The number of morpholine rings is 1. The predicted octanol–water partition coefficient (Wildman–Crippen LogP) is 6.53. The van der Waals surface area contributed by atoms with E-state index < -0.39 is 39.7 Å². The molecule has 0 radical (unpaired) electrons. The zero-order valence-electron chi connectivity index (χ0n) is 30.1. The van der Waals surface area contributed by atoms with E-state index in [4.69, 9.17) is 25.8 Å². The Labute approximate surface area is 315 Å². The molecule has 1 saturated heterocycles. The van der Waals surface area contributed by atoms with Crippen LogP contribution >= 0.6 is 11.6 Å². The van der Waals surface area contributed by atoms with Crippen molar-refractivity contribution in [1.29, 1.82) is 0 Å². The van der Waals surface area contributed by atoms with E-state index in [0.29, 0.717) is 56.0 Å². The highest BCUT2D eigenvalue weighted by atomic mass is 35.5. The molecule has 3 aliphatic heterocycles. The third kappa shape index (κ3) is 8.69. The van der Waals surface area contributed by atoms with Crippen LogP contribution < -0.4 is 14.4 Å². The van der Waals surface area contributed by atoms with Crippen LogP contribution in [0.25, 0.3) is 0 Å². The van der Waals surface area contributed by atoms with E-state index in [1.165, 1.54) is 24.1 Å². The maximum absolute atomic E-state index is 13.8. The highest BCUT2D eigenvalue weighted by molar-refractivity contribution is 7.90. The minimum atomic E-state index is -4.76.